The number of nitrogens with one attached hydrogen (secondary N) is 3. The van der Waals surface area contributed by atoms with Crippen molar-refractivity contribution in [2.75, 3.05) is 6.54 Å². The molecule has 0 unspecified atom stereocenters. The highest BCUT2D eigenvalue weighted by molar-refractivity contribution is 5.72. The molecule has 0 fully saturated rings. The Bertz CT molecular complexity index is 545. The largest absolute Gasteiger partial charge is 0.355 e. The zero-order chi connectivity index (χ0) is 12.0. The molecule has 0 saturated carbocycles. The monoisotopic (exact) mass is 221 g/mol. The molecule has 0 bridgehead atoms. The van der Waals surface area contributed by atoms with Crippen LogP contribution in [0.3, 0.4) is 0 Å². The maximum Gasteiger partial charge on any atom is 0.278 e. The first-order chi connectivity index (χ1) is 7.59. The van der Waals surface area contributed by atoms with Crippen molar-refractivity contribution in [2.45, 2.75) is 13.3 Å². The lowest BCUT2D eigenvalue weighted by Gasteiger charge is -1.94. The first kappa shape index (κ1) is 11.8. The van der Waals surface area contributed by atoms with E-state index in [2.05, 4.69) is 27.4 Å². The van der Waals surface area contributed by atoms with Crippen LogP contribution in [0.25, 0.3) is 0 Å². The van der Waals surface area contributed by atoms with Gasteiger partial charge in [0, 0.05) is 26.0 Å². The Kier molecular flexibility index (Phi) is 4.09. The average molecular weight is 221 g/mol. The minimum Gasteiger partial charge on any atom is -0.355 e. The zero-order valence-electron chi connectivity index (χ0n) is 8.72. The first-order valence-electron chi connectivity index (χ1n) is 4.65. The van der Waals surface area contributed by atoms with Crippen LogP contribution < -0.4 is 16.4 Å². The lowest BCUT2D eigenvalue weighted by molar-refractivity contribution is -0.118. The summed E-state index contributed by atoms with van der Waals surface area (Å²) in [6, 6.07) is 1.13. The van der Waals surface area contributed by atoms with Gasteiger partial charge in [-0.2, -0.15) is 0 Å². The van der Waals surface area contributed by atoms with Crippen LogP contribution in [0.2, 0.25) is 0 Å². The standard InChI is InChI=1S/C10H11N3O3/c1-7(14)11-5-3-2-4-8-6-9(15)12-13-10(8)16/h6H,3,5H2,1H3,(H,11,14)(H,12,15)(H,13,16). The van der Waals surface area contributed by atoms with E-state index < -0.39 is 11.1 Å². The Morgan fingerprint density at radius 2 is 2.19 bits per heavy atom. The third-order valence-electron chi connectivity index (χ3n) is 1.67. The molecule has 0 aliphatic carbocycles. The van der Waals surface area contributed by atoms with Crippen LogP contribution in [0.4, 0.5) is 0 Å². The molecule has 0 aliphatic heterocycles. The van der Waals surface area contributed by atoms with Gasteiger partial charge < -0.3 is 5.32 Å². The highest BCUT2D eigenvalue weighted by Gasteiger charge is 1.94. The molecule has 0 saturated heterocycles. The lowest BCUT2D eigenvalue weighted by atomic mass is 10.3. The van der Waals surface area contributed by atoms with Gasteiger partial charge in [0.1, 0.15) is 0 Å². The third kappa shape index (κ3) is 3.84. The van der Waals surface area contributed by atoms with E-state index >= 15 is 0 Å². The van der Waals surface area contributed by atoms with Gasteiger partial charge in [-0.25, -0.2) is 0 Å². The Balaban J connectivity index is 2.63. The van der Waals surface area contributed by atoms with Gasteiger partial charge in [-0.1, -0.05) is 11.8 Å². The molecule has 6 heteroatoms. The van der Waals surface area contributed by atoms with Crippen LogP contribution in [-0.2, 0) is 4.79 Å². The van der Waals surface area contributed by atoms with E-state index in [0.717, 1.165) is 6.07 Å². The van der Waals surface area contributed by atoms with Gasteiger partial charge in [0.25, 0.3) is 11.1 Å². The van der Waals surface area contributed by atoms with Crippen LogP contribution >= 0.6 is 0 Å². The van der Waals surface area contributed by atoms with E-state index in [1.807, 2.05) is 0 Å². The maximum atomic E-state index is 11.1. The lowest BCUT2D eigenvalue weighted by Crippen LogP contribution is -2.21. The van der Waals surface area contributed by atoms with Crippen LogP contribution in [0.5, 0.6) is 0 Å². The second-order valence-corrected chi connectivity index (χ2v) is 3.04. The molecule has 6 nitrogen and oxygen atoms in total. The fraction of sp³-hybridized carbons (Fsp3) is 0.300. The van der Waals surface area contributed by atoms with E-state index in [-0.39, 0.29) is 11.5 Å². The van der Waals surface area contributed by atoms with E-state index in [1.54, 1.807) is 0 Å². The summed E-state index contributed by atoms with van der Waals surface area (Å²) in [6.07, 6.45) is 0.422. The molecular formula is C10H11N3O3. The van der Waals surface area contributed by atoms with Crippen molar-refractivity contribution in [1.29, 1.82) is 0 Å². The Morgan fingerprint density at radius 1 is 1.44 bits per heavy atom. The highest BCUT2D eigenvalue weighted by Crippen LogP contribution is 1.80. The molecule has 16 heavy (non-hydrogen) atoms. The second-order valence-electron chi connectivity index (χ2n) is 3.04. The summed E-state index contributed by atoms with van der Waals surface area (Å²) in [5, 5.41) is 6.86. The van der Waals surface area contributed by atoms with Gasteiger partial charge in [0.2, 0.25) is 5.91 Å². The minimum atomic E-state index is -0.438. The van der Waals surface area contributed by atoms with E-state index in [9.17, 15) is 14.4 Å². The molecular weight excluding hydrogens is 210 g/mol. The number of aromatic nitrogens is 2. The van der Waals surface area contributed by atoms with Crippen LogP contribution in [0.1, 0.15) is 18.9 Å². The van der Waals surface area contributed by atoms with Gasteiger partial charge in [-0.3, -0.25) is 24.6 Å². The smallest absolute Gasteiger partial charge is 0.278 e. The topological polar surface area (TPSA) is 94.8 Å². The van der Waals surface area contributed by atoms with Crippen molar-refractivity contribution >= 4 is 5.91 Å². The third-order valence-corrected chi connectivity index (χ3v) is 1.67. The molecule has 1 aromatic heterocycles. The van der Waals surface area contributed by atoms with Crippen molar-refractivity contribution in [1.82, 2.24) is 15.5 Å². The molecule has 0 spiro atoms. The molecule has 0 aromatic carbocycles. The average Bonchev–Trinajstić information content (AvgIpc) is 2.22. The maximum absolute atomic E-state index is 11.1. The summed E-state index contributed by atoms with van der Waals surface area (Å²) >= 11 is 0. The van der Waals surface area contributed by atoms with Crippen molar-refractivity contribution in [3.8, 4) is 11.8 Å². The number of amides is 1. The van der Waals surface area contributed by atoms with Crippen molar-refractivity contribution in [3.05, 3.63) is 32.3 Å². The van der Waals surface area contributed by atoms with Crippen LogP contribution in [0, 0.1) is 11.8 Å². The molecule has 84 valence electrons. The number of carbonyl (C=O) groups is 1. The summed E-state index contributed by atoms with van der Waals surface area (Å²) in [6.45, 7) is 1.83. The molecule has 0 atom stereocenters. The Hall–Kier alpha value is -2.29. The molecule has 1 heterocycles. The molecule has 0 aliphatic rings. The molecule has 3 N–H and O–H groups in total. The van der Waals surface area contributed by atoms with Gasteiger partial charge in [0.05, 0.1) is 5.56 Å². The second kappa shape index (κ2) is 5.56. The number of H-pyrrole nitrogens is 2. The van der Waals surface area contributed by atoms with Crippen molar-refractivity contribution < 1.29 is 4.79 Å². The zero-order valence-corrected chi connectivity index (χ0v) is 8.72. The highest BCUT2D eigenvalue weighted by atomic mass is 16.2. The van der Waals surface area contributed by atoms with E-state index in [1.165, 1.54) is 6.92 Å². The first-order valence-corrected chi connectivity index (χ1v) is 4.65. The Morgan fingerprint density at radius 3 is 2.88 bits per heavy atom. The predicted octanol–water partition coefficient (Wildman–Crippen LogP) is -1.06. The fourth-order valence-corrected chi connectivity index (χ4v) is 0.970. The van der Waals surface area contributed by atoms with Crippen molar-refractivity contribution in [3.63, 3.8) is 0 Å². The number of hydrogen-bond donors (Lipinski definition) is 3. The summed E-state index contributed by atoms with van der Waals surface area (Å²) in [7, 11) is 0. The van der Waals surface area contributed by atoms with Crippen LogP contribution in [-0.4, -0.2) is 22.6 Å². The number of aromatic amines is 2. The van der Waals surface area contributed by atoms with Gasteiger partial charge in [0.15, 0.2) is 0 Å². The summed E-state index contributed by atoms with van der Waals surface area (Å²) in [4.78, 5) is 32.5. The summed E-state index contributed by atoms with van der Waals surface area (Å²) in [5.41, 5.74) is -0.732. The molecule has 1 rings (SSSR count). The number of rotatable bonds is 2. The van der Waals surface area contributed by atoms with Gasteiger partial charge in [-0.05, 0) is 0 Å². The predicted molar refractivity (Wildman–Crippen MR) is 57.9 cm³/mol. The quantitative estimate of drug-likeness (QED) is 0.439. The minimum absolute atomic E-state index is 0.117. The molecule has 1 aromatic rings. The van der Waals surface area contributed by atoms with E-state index in [4.69, 9.17) is 0 Å². The van der Waals surface area contributed by atoms with Gasteiger partial charge in [-0.15, -0.1) is 0 Å². The normalized spacial score (nSPS) is 9.06. The van der Waals surface area contributed by atoms with Gasteiger partial charge >= 0.3 is 0 Å². The Labute approximate surface area is 91.1 Å². The summed E-state index contributed by atoms with van der Waals surface area (Å²) in [5.74, 6) is 5.12. The number of hydrogen-bond acceptors (Lipinski definition) is 3. The molecule has 1 amide bonds. The van der Waals surface area contributed by atoms with Crippen LogP contribution in [0.15, 0.2) is 15.7 Å². The summed E-state index contributed by atoms with van der Waals surface area (Å²) < 4.78 is 0. The SMILES string of the molecule is CC(=O)NCCC#Cc1cc(=O)[nH][nH]c1=O. The van der Waals surface area contributed by atoms with E-state index in [0.29, 0.717) is 13.0 Å². The number of carbonyl (C=O) groups excluding carboxylic acids is 1. The van der Waals surface area contributed by atoms with Crippen molar-refractivity contribution in [2.24, 2.45) is 0 Å². The molecule has 0 radical (unpaired) electrons. The fourth-order valence-electron chi connectivity index (χ4n) is 0.970.